The van der Waals surface area contributed by atoms with Crippen molar-refractivity contribution in [3.8, 4) is 0 Å². The van der Waals surface area contributed by atoms with Crippen LogP contribution in [-0.4, -0.2) is 54.3 Å². The molecule has 0 aromatic rings. The lowest BCUT2D eigenvalue weighted by Crippen LogP contribution is -2.27. The zero-order chi connectivity index (χ0) is 44.6. The van der Waals surface area contributed by atoms with Crippen molar-refractivity contribution in [2.24, 2.45) is 0 Å². The van der Waals surface area contributed by atoms with Crippen LogP contribution in [-0.2, 0) is 27.9 Å². The lowest BCUT2D eigenvalue weighted by Gasteiger charge is -2.15. The van der Waals surface area contributed by atoms with Crippen molar-refractivity contribution >= 4 is 19.7 Å². The van der Waals surface area contributed by atoms with E-state index >= 15 is 0 Å². The van der Waals surface area contributed by atoms with Gasteiger partial charge >= 0.3 is 13.8 Å². The molecule has 0 heterocycles. The molecule has 0 aliphatic carbocycles. The third kappa shape index (κ3) is 49.1. The predicted molar refractivity (Wildman–Crippen MR) is 257 cm³/mol. The summed E-state index contributed by atoms with van der Waals surface area (Å²) >= 11 is 0. The number of amides is 1. The molecule has 0 aliphatic heterocycles. The Morgan fingerprint density at radius 2 is 0.885 bits per heavy atom. The minimum Gasteiger partial charge on any atom is -0.463 e. The van der Waals surface area contributed by atoms with Crippen LogP contribution in [0.5, 0.6) is 0 Å². The molecule has 0 fully saturated rings. The van der Waals surface area contributed by atoms with Crippen molar-refractivity contribution < 1.29 is 37.9 Å². The average Bonchev–Trinajstić information content (AvgIpc) is 3.25. The van der Waals surface area contributed by atoms with E-state index in [4.69, 9.17) is 13.8 Å². The molecule has 358 valence electrons. The summed E-state index contributed by atoms with van der Waals surface area (Å²) in [6.07, 6.45) is 55.1. The van der Waals surface area contributed by atoms with Gasteiger partial charge in [-0.2, -0.15) is 0 Å². The van der Waals surface area contributed by atoms with Gasteiger partial charge in [0.1, 0.15) is 12.7 Å². The van der Waals surface area contributed by atoms with Crippen molar-refractivity contribution in [3.63, 3.8) is 0 Å². The molecule has 0 bridgehead atoms. The summed E-state index contributed by atoms with van der Waals surface area (Å²) < 4.78 is 27.0. The lowest BCUT2D eigenvalue weighted by molar-refractivity contribution is -0.147. The second-order valence-corrected chi connectivity index (χ2v) is 18.6. The zero-order valence-electron chi connectivity index (χ0n) is 39.6. The van der Waals surface area contributed by atoms with Crippen molar-refractivity contribution in [2.75, 3.05) is 26.4 Å². The van der Waals surface area contributed by atoms with E-state index in [0.29, 0.717) is 6.42 Å². The highest BCUT2D eigenvalue weighted by Gasteiger charge is 2.23. The molecule has 0 rings (SSSR count). The first-order valence-corrected chi connectivity index (χ1v) is 27.0. The Bertz CT molecular complexity index is 1100. The quantitative estimate of drug-likeness (QED) is 0.0238. The van der Waals surface area contributed by atoms with E-state index in [-0.39, 0.29) is 32.1 Å². The maximum Gasteiger partial charge on any atom is 0.472 e. The summed E-state index contributed by atoms with van der Waals surface area (Å²) in [5, 5.41) is 12.7. The molecule has 9 nitrogen and oxygen atoms in total. The van der Waals surface area contributed by atoms with Crippen molar-refractivity contribution in [1.82, 2.24) is 5.32 Å². The van der Waals surface area contributed by atoms with Gasteiger partial charge in [0.05, 0.1) is 13.2 Å². The summed E-state index contributed by atoms with van der Waals surface area (Å²) in [6.45, 7) is 3.56. The topological polar surface area (TPSA) is 131 Å². The number of hydrogen-bond acceptors (Lipinski definition) is 7. The normalized spacial score (nSPS) is 13.4. The summed E-state index contributed by atoms with van der Waals surface area (Å²) in [4.78, 5) is 34.1. The molecule has 2 unspecified atom stereocenters. The molecular weight excluding hydrogens is 786 g/mol. The first-order valence-electron chi connectivity index (χ1n) is 25.5. The van der Waals surface area contributed by atoms with E-state index in [9.17, 15) is 24.2 Å². The molecule has 2 atom stereocenters. The number of rotatable bonds is 48. The van der Waals surface area contributed by atoms with Crippen LogP contribution in [0.15, 0.2) is 36.5 Å². The number of carbonyl (C=O) groups is 2. The minimum absolute atomic E-state index is 0.0807. The Hall–Kier alpha value is -1.77. The van der Waals surface area contributed by atoms with Gasteiger partial charge < -0.3 is 20.1 Å². The summed E-state index contributed by atoms with van der Waals surface area (Å²) in [5.41, 5.74) is 0. The molecule has 10 heteroatoms. The van der Waals surface area contributed by atoms with E-state index in [1.165, 1.54) is 167 Å². The first kappa shape index (κ1) is 59.2. The number of ether oxygens (including phenoxy) is 1. The fourth-order valence-electron chi connectivity index (χ4n) is 7.21. The van der Waals surface area contributed by atoms with E-state index in [1.54, 1.807) is 0 Å². The molecule has 0 saturated heterocycles. The zero-order valence-corrected chi connectivity index (χ0v) is 40.5. The standard InChI is InChI=1S/C51H96NO8P/c1-3-5-7-9-11-13-15-17-19-21-22-23-24-25-26-28-29-31-33-35-37-39-41-43-50(54)52-45-46-59-61(56,57)60-48-49(53)47-58-51(55)44-42-40-38-36-34-32-30-27-20-18-16-14-12-10-8-6-4-2/h11,13,17,19,22-23,49,53H,3-10,12,14-16,18,20-21,24-48H2,1-2H3,(H,52,54)(H,56,57)/b13-11-,19-17-,23-22-. The van der Waals surface area contributed by atoms with Gasteiger partial charge in [-0.05, 0) is 51.4 Å². The van der Waals surface area contributed by atoms with Gasteiger partial charge in [-0.25, -0.2) is 4.57 Å². The number of hydrogen-bond donors (Lipinski definition) is 3. The van der Waals surface area contributed by atoms with Gasteiger partial charge in [0.15, 0.2) is 0 Å². The van der Waals surface area contributed by atoms with Gasteiger partial charge in [0.2, 0.25) is 5.91 Å². The van der Waals surface area contributed by atoms with Gasteiger partial charge in [0, 0.05) is 19.4 Å². The van der Waals surface area contributed by atoms with Crippen LogP contribution < -0.4 is 5.32 Å². The fraction of sp³-hybridized carbons (Fsp3) is 0.843. The maximum absolute atomic E-state index is 12.1. The third-order valence-electron chi connectivity index (χ3n) is 11.1. The Balaban J connectivity index is 3.55. The van der Waals surface area contributed by atoms with Crippen LogP contribution in [0.1, 0.15) is 245 Å². The third-order valence-corrected chi connectivity index (χ3v) is 12.1. The van der Waals surface area contributed by atoms with Crippen molar-refractivity contribution in [1.29, 1.82) is 0 Å². The smallest absolute Gasteiger partial charge is 0.463 e. The second kappa shape index (κ2) is 47.7. The SMILES string of the molecule is CCCCC/C=C\C/C=C\C/C=C\CCCCCCCCCCCCC(=O)NCCOP(=O)(O)OCC(O)COC(=O)CCCCCCCCCCCCCCCCCCC. The largest absolute Gasteiger partial charge is 0.472 e. The molecule has 0 spiro atoms. The summed E-state index contributed by atoms with van der Waals surface area (Å²) in [6, 6.07) is 0. The Kier molecular flexibility index (Phi) is 46.3. The second-order valence-electron chi connectivity index (χ2n) is 17.1. The van der Waals surface area contributed by atoms with Gasteiger partial charge in [-0.1, -0.05) is 217 Å². The molecule has 1 amide bonds. The monoisotopic (exact) mass is 882 g/mol. The van der Waals surface area contributed by atoms with Crippen LogP contribution in [0.25, 0.3) is 0 Å². The lowest BCUT2D eigenvalue weighted by atomic mass is 10.0. The number of aliphatic hydroxyl groups excluding tert-OH is 1. The van der Waals surface area contributed by atoms with Crippen LogP contribution >= 0.6 is 7.82 Å². The first-order chi connectivity index (χ1) is 29.8. The molecule has 0 saturated carbocycles. The number of esters is 1. The molecule has 3 N–H and O–H groups in total. The van der Waals surface area contributed by atoms with E-state index in [0.717, 1.165) is 51.4 Å². The molecule has 61 heavy (non-hydrogen) atoms. The van der Waals surface area contributed by atoms with Crippen LogP contribution in [0.2, 0.25) is 0 Å². The Labute approximate surface area is 375 Å². The number of allylic oxidation sites excluding steroid dienone is 6. The number of phosphoric ester groups is 1. The van der Waals surface area contributed by atoms with Crippen molar-refractivity contribution in [3.05, 3.63) is 36.5 Å². The summed E-state index contributed by atoms with van der Waals surface area (Å²) in [5.74, 6) is -0.512. The van der Waals surface area contributed by atoms with Gasteiger partial charge in [-0.3, -0.25) is 18.6 Å². The van der Waals surface area contributed by atoms with Crippen LogP contribution in [0.3, 0.4) is 0 Å². The molecule has 0 radical (unpaired) electrons. The average molecular weight is 882 g/mol. The van der Waals surface area contributed by atoms with Crippen molar-refractivity contribution in [2.45, 2.75) is 251 Å². The van der Waals surface area contributed by atoms with E-state index in [1.807, 2.05) is 0 Å². The Morgan fingerprint density at radius 3 is 1.36 bits per heavy atom. The molecule has 0 aliphatic rings. The van der Waals surface area contributed by atoms with Gasteiger partial charge in [0.25, 0.3) is 0 Å². The number of carbonyl (C=O) groups excluding carboxylic acids is 2. The highest BCUT2D eigenvalue weighted by Crippen LogP contribution is 2.42. The highest BCUT2D eigenvalue weighted by atomic mass is 31.2. The molecule has 0 aromatic carbocycles. The van der Waals surface area contributed by atoms with E-state index < -0.39 is 26.5 Å². The predicted octanol–water partition coefficient (Wildman–Crippen LogP) is 14.9. The molecular formula is C51H96NO8P. The number of phosphoric acid groups is 1. The maximum atomic E-state index is 12.1. The molecule has 0 aromatic heterocycles. The number of nitrogens with one attached hydrogen (secondary N) is 1. The minimum atomic E-state index is -4.42. The number of aliphatic hydroxyl groups is 1. The fourth-order valence-corrected chi connectivity index (χ4v) is 7.97. The summed E-state index contributed by atoms with van der Waals surface area (Å²) in [7, 11) is -4.42. The van der Waals surface area contributed by atoms with Crippen LogP contribution in [0, 0.1) is 0 Å². The number of unbranched alkanes of at least 4 members (excludes halogenated alkanes) is 29. The van der Waals surface area contributed by atoms with E-state index in [2.05, 4.69) is 55.6 Å². The van der Waals surface area contributed by atoms with Crippen LogP contribution in [0.4, 0.5) is 0 Å². The Morgan fingerprint density at radius 1 is 0.508 bits per heavy atom. The highest BCUT2D eigenvalue weighted by molar-refractivity contribution is 7.47. The van der Waals surface area contributed by atoms with Gasteiger partial charge in [-0.15, -0.1) is 0 Å².